The molecule has 2 rings (SSSR count). The number of aryl methyl sites for hydroxylation is 1. The summed E-state index contributed by atoms with van der Waals surface area (Å²) >= 11 is 3.33. The highest BCUT2D eigenvalue weighted by atomic mass is 79.9. The van der Waals surface area contributed by atoms with E-state index in [1.54, 1.807) is 12.1 Å². The Hall–Kier alpha value is -2.47. The van der Waals surface area contributed by atoms with Crippen molar-refractivity contribution in [3.63, 3.8) is 0 Å². The maximum atomic E-state index is 11.9. The third-order valence-corrected chi connectivity index (χ3v) is 4.05. The Morgan fingerprint density at radius 3 is 2.20 bits per heavy atom. The van der Waals surface area contributed by atoms with Crippen LogP contribution < -0.4 is 10.7 Å². The van der Waals surface area contributed by atoms with Crippen LogP contribution in [0, 0.1) is 6.92 Å². The minimum Gasteiger partial charge on any atom is -0.326 e. The van der Waals surface area contributed by atoms with E-state index < -0.39 is 0 Å². The Morgan fingerprint density at radius 1 is 0.960 bits per heavy atom. The second-order valence-corrected chi connectivity index (χ2v) is 6.57. The largest absolute Gasteiger partial charge is 0.326 e. The van der Waals surface area contributed by atoms with Crippen LogP contribution in [0.15, 0.2) is 58.1 Å². The van der Waals surface area contributed by atoms with E-state index >= 15 is 0 Å². The third kappa shape index (κ3) is 6.51. The number of carbonyl (C=O) groups excluding carboxylic acids is 2. The summed E-state index contributed by atoms with van der Waals surface area (Å²) in [5.41, 5.74) is 6.00. The molecule has 0 aliphatic heterocycles. The zero-order valence-electron chi connectivity index (χ0n) is 14.2. The van der Waals surface area contributed by atoms with Gasteiger partial charge in [0, 0.05) is 23.0 Å². The topological polar surface area (TPSA) is 70.6 Å². The summed E-state index contributed by atoms with van der Waals surface area (Å²) in [4.78, 5) is 23.7. The van der Waals surface area contributed by atoms with Crippen molar-refractivity contribution in [3.05, 3.63) is 64.1 Å². The van der Waals surface area contributed by atoms with Crippen LogP contribution in [0.2, 0.25) is 0 Å². The van der Waals surface area contributed by atoms with Gasteiger partial charge in [-0.1, -0.05) is 45.8 Å². The Labute approximate surface area is 155 Å². The van der Waals surface area contributed by atoms with E-state index in [0.717, 1.165) is 15.6 Å². The van der Waals surface area contributed by atoms with Gasteiger partial charge in [-0.3, -0.25) is 9.59 Å². The Morgan fingerprint density at radius 2 is 1.56 bits per heavy atom. The lowest BCUT2D eigenvalue weighted by Gasteiger charge is -2.05. The summed E-state index contributed by atoms with van der Waals surface area (Å²) in [6, 6.07) is 15.1. The predicted octanol–water partition coefficient (Wildman–Crippen LogP) is 4.02. The molecular weight excluding hydrogens is 382 g/mol. The standard InChI is InChI=1S/C19H20BrN3O2/c1-13-3-5-15(6-4-13)14(2)22-23-19(25)12-11-18(24)21-17-9-7-16(20)8-10-17/h3-10H,11-12H2,1-2H3,(H,21,24)(H,23,25). The van der Waals surface area contributed by atoms with E-state index in [4.69, 9.17) is 0 Å². The van der Waals surface area contributed by atoms with Crippen molar-refractivity contribution >= 4 is 39.1 Å². The van der Waals surface area contributed by atoms with Crippen molar-refractivity contribution in [2.45, 2.75) is 26.7 Å². The minimum absolute atomic E-state index is 0.0764. The van der Waals surface area contributed by atoms with E-state index in [1.165, 1.54) is 0 Å². The molecule has 2 aromatic rings. The zero-order chi connectivity index (χ0) is 18.2. The summed E-state index contributed by atoms with van der Waals surface area (Å²) in [5, 5.41) is 6.82. The quantitative estimate of drug-likeness (QED) is 0.566. The highest BCUT2D eigenvalue weighted by Gasteiger charge is 2.07. The first-order valence-electron chi connectivity index (χ1n) is 7.89. The average Bonchev–Trinajstić information content (AvgIpc) is 2.60. The minimum atomic E-state index is -0.294. The molecule has 0 aliphatic rings. The van der Waals surface area contributed by atoms with Gasteiger partial charge in [0.2, 0.25) is 11.8 Å². The third-order valence-electron chi connectivity index (χ3n) is 3.52. The Balaban J connectivity index is 1.77. The lowest BCUT2D eigenvalue weighted by atomic mass is 10.1. The van der Waals surface area contributed by atoms with Crippen molar-refractivity contribution in [1.29, 1.82) is 0 Å². The van der Waals surface area contributed by atoms with Crippen LogP contribution in [0.1, 0.15) is 30.9 Å². The van der Waals surface area contributed by atoms with Gasteiger partial charge in [0.25, 0.3) is 0 Å². The Bertz CT molecular complexity index is 768. The number of anilines is 1. The molecule has 0 fully saturated rings. The summed E-state index contributed by atoms with van der Waals surface area (Å²) in [5.74, 6) is -0.505. The molecule has 0 atom stereocenters. The molecule has 2 aromatic carbocycles. The number of benzene rings is 2. The molecule has 0 heterocycles. The molecule has 0 unspecified atom stereocenters. The van der Waals surface area contributed by atoms with Crippen molar-refractivity contribution < 1.29 is 9.59 Å². The number of hydrogen-bond acceptors (Lipinski definition) is 3. The fourth-order valence-electron chi connectivity index (χ4n) is 2.05. The normalized spacial score (nSPS) is 11.1. The van der Waals surface area contributed by atoms with Crippen molar-refractivity contribution in [3.8, 4) is 0 Å². The van der Waals surface area contributed by atoms with E-state index in [2.05, 4.69) is 31.8 Å². The fraction of sp³-hybridized carbons (Fsp3) is 0.211. The van der Waals surface area contributed by atoms with Crippen LogP contribution in [-0.4, -0.2) is 17.5 Å². The van der Waals surface area contributed by atoms with Crippen LogP contribution in [0.5, 0.6) is 0 Å². The molecule has 0 aromatic heterocycles. The summed E-state index contributed by atoms with van der Waals surface area (Å²) < 4.78 is 0.937. The molecule has 25 heavy (non-hydrogen) atoms. The Kier molecular flexibility index (Phi) is 6.89. The summed E-state index contributed by atoms with van der Waals surface area (Å²) in [6.07, 6.45) is 0.175. The number of hydrazone groups is 1. The molecular formula is C19H20BrN3O2. The van der Waals surface area contributed by atoms with Gasteiger partial charge in [-0.2, -0.15) is 5.10 Å². The van der Waals surface area contributed by atoms with Crippen LogP contribution >= 0.6 is 15.9 Å². The van der Waals surface area contributed by atoms with Gasteiger partial charge in [-0.15, -0.1) is 0 Å². The van der Waals surface area contributed by atoms with Gasteiger partial charge in [0.05, 0.1) is 5.71 Å². The highest BCUT2D eigenvalue weighted by Crippen LogP contribution is 2.14. The molecule has 130 valence electrons. The lowest BCUT2D eigenvalue weighted by molar-refractivity contribution is -0.124. The molecule has 0 bridgehead atoms. The van der Waals surface area contributed by atoms with Gasteiger partial charge in [0.1, 0.15) is 0 Å². The van der Waals surface area contributed by atoms with Crippen LogP contribution in [0.3, 0.4) is 0 Å². The second-order valence-electron chi connectivity index (χ2n) is 5.65. The fourth-order valence-corrected chi connectivity index (χ4v) is 2.31. The monoisotopic (exact) mass is 401 g/mol. The van der Waals surface area contributed by atoms with Crippen molar-refractivity contribution in [1.82, 2.24) is 5.43 Å². The molecule has 0 saturated carbocycles. The van der Waals surface area contributed by atoms with E-state index in [-0.39, 0.29) is 24.7 Å². The molecule has 0 aliphatic carbocycles. The van der Waals surface area contributed by atoms with Crippen LogP contribution in [-0.2, 0) is 9.59 Å². The van der Waals surface area contributed by atoms with Crippen molar-refractivity contribution in [2.24, 2.45) is 5.10 Å². The maximum Gasteiger partial charge on any atom is 0.240 e. The first kappa shape index (κ1) is 18.9. The maximum absolute atomic E-state index is 11.9. The first-order chi connectivity index (χ1) is 11.9. The van der Waals surface area contributed by atoms with Gasteiger partial charge in [-0.05, 0) is 43.7 Å². The van der Waals surface area contributed by atoms with Gasteiger partial charge in [-0.25, -0.2) is 5.43 Å². The molecule has 0 radical (unpaired) electrons. The van der Waals surface area contributed by atoms with Gasteiger partial charge in [0.15, 0.2) is 0 Å². The smallest absolute Gasteiger partial charge is 0.240 e. The SMILES string of the molecule is CC(=NNC(=O)CCC(=O)Nc1ccc(Br)cc1)c1ccc(C)cc1. The van der Waals surface area contributed by atoms with Gasteiger partial charge >= 0.3 is 0 Å². The van der Waals surface area contributed by atoms with Crippen LogP contribution in [0.25, 0.3) is 0 Å². The number of hydrogen-bond donors (Lipinski definition) is 2. The lowest BCUT2D eigenvalue weighted by Crippen LogP contribution is -2.21. The number of carbonyl (C=O) groups is 2. The van der Waals surface area contributed by atoms with E-state index in [0.29, 0.717) is 11.4 Å². The number of halogens is 1. The molecule has 5 nitrogen and oxygen atoms in total. The number of nitrogens with one attached hydrogen (secondary N) is 2. The van der Waals surface area contributed by atoms with Crippen LogP contribution in [0.4, 0.5) is 5.69 Å². The molecule has 2 N–H and O–H groups in total. The number of amides is 2. The first-order valence-corrected chi connectivity index (χ1v) is 8.69. The van der Waals surface area contributed by atoms with Crippen molar-refractivity contribution in [2.75, 3.05) is 5.32 Å². The summed E-state index contributed by atoms with van der Waals surface area (Å²) in [6.45, 7) is 3.84. The molecule has 6 heteroatoms. The highest BCUT2D eigenvalue weighted by molar-refractivity contribution is 9.10. The number of nitrogens with zero attached hydrogens (tertiary/aromatic N) is 1. The van der Waals surface area contributed by atoms with E-state index in [9.17, 15) is 9.59 Å². The zero-order valence-corrected chi connectivity index (χ0v) is 15.8. The van der Waals surface area contributed by atoms with Gasteiger partial charge < -0.3 is 5.32 Å². The molecule has 0 spiro atoms. The second kappa shape index (κ2) is 9.13. The molecule has 2 amide bonds. The van der Waals surface area contributed by atoms with E-state index in [1.807, 2.05) is 50.2 Å². The number of rotatable bonds is 6. The summed E-state index contributed by atoms with van der Waals surface area (Å²) in [7, 11) is 0. The molecule has 0 saturated heterocycles. The predicted molar refractivity (Wildman–Crippen MR) is 104 cm³/mol. The average molecular weight is 402 g/mol.